The van der Waals surface area contributed by atoms with E-state index in [2.05, 4.69) is 25.6 Å². The van der Waals surface area contributed by atoms with Gasteiger partial charge in [-0.3, -0.25) is 4.84 Å². The van der Waals surface area contributed by atoms with Crippen LogP contribution >= 0.6 is 0 Å². The molecule has 5 nitrogen and oxygen atoms in total. The molecule has 0 aliphatic heterocycles. The first-order valence-electron chi connectivity index (χ1n) is 4.50. The minimum absolute atomic E-state index is 0.309. The fraction of sp³-hybridized carbons (Fsp3) is 0.300. The number of rotatable bonds is 4. The maximum absolute atomic E-state index is 4.60. The second-order valence-corrected chi connectivity index (χ2v) is 2.71. The van der Waals surface area contributed by atoms with Gasteiger partial charge in [0, 0.05) is 6.54 Å². The summed E-state index contributed by atoms with van der Waals surface area (Å²) in [6.07, 6.45) is 0. The van der Waals surface area contributed by atoms with Crippen molar-refractivity contribution in [2.75, 3.05) is 14.2 Å². The van der Waals surface area contributed by atoms with Gasteiger partial charge < -0.3 is 10.2 Å². The molecule has 0 amide bonds. The zero-order valence-corrected chi connectivity index (χ0v) is 8.80. The van der Waals surface area contributed by atoms with Crippen LogP contribution in [0.3, 0.4) is 0 Å². The molecular formula is C10H14N3O2. The topological polar surface area (TPSA) is 57.0 Å². The molecule has 1 rings (SSSR count). The van der Waals surface area contributed by atoms with Crippen molar-refractivity contribution < 1.29 is 9.68 Å². The molecule has 0 atom stereocenters. The van der Waals surface area contributed by atoms with Gasteiger partial charge in [-0.2, -0.15) is 0 Å². The summed E-state index contributed by atoms with van der Waals surface area (Å²) in [5.74, 6) is 0.309. The lowest BCUT2D eigenvalue weighted by Crippen LogP contribution is -2.31. The molecule has 0 saturated carbocycles. The van der Waals surface area contributed by atoms with Crippen molar-refractivity contribution in [1.82, 2.24) is 10.8 Å². The number of hydrogen-bond acceptors (Lipinski definition) is 3. The summed E-state index contributed by atoms with van der Waals surface area (Å²) >= 11 is 0. The second-order valence-electron chi connectivity index (χ2n) is 2.71. The molecule has 0 saturated heterocycles. The van der Waals surface area contributed by atoms with Gasteiger partial charge in [-0.25, -0.2) is 0 Å². The molecule has 1 aromatic rings. The number of nitrogens with zero attached hydrogens (tertiary/aromatic N) is 2. The summed E-state index contributed by atoms with van der Waals surface area (Å²) in [4.78, 5) is 9.19. The molecule has 15 heavy (non-hydrogen) atoms. The van der Waals surface area contributed by atoms with Crippen LogP contribution in [0, 0.1) is 0 Å². The summed E-state index contributed by atoms with van der Waals surface area (Å²) in [6.45, 7) is 0.621. The van der Waals surface area contributed by atoms with Crippen molar-refractivity contribution in [3.8, 4) is 0 Å². The van der Waals surface area contributed by atoms with E-state index in [0.717, 1.165) is 5.56 Å². The first-order chi connectivity index (χ1) is 7.36. The molecule has 0 fully saturated rings. The Hall–Kier alpha value is -1.75. The summed E-state index contributed by atoms with van der Waals surface area (Å²) in [7, 11) is 2.91. The minimum atomic E-state index is 0.309. The van der Waals surface area contributed by atoms with E-state index in [1.807, 2.05) is 30.3 Å². The highest BCUT2D eigenvalue weighted by atomic mass is 16.7. The molecule has 81 valence electrons. The largest absolute Gasteiger partial charge is 0.396 e. The third-order valence-corrected chi connectivity index (χ3v) is 1.65. The van der Waals surface area contributed by atoms with E-state index in [1.165, 1.54) is 14.2 Å². The van der Waals surface area contributed by atoms with Crippen molar-refractivity contribution in [3.05, 3.63) is 35.9 Å². The van der Waals surface area contributed by atoms with Crippen molar-refractivity contribution in [2.24, 2.45) is 5.16 Å². The van der Waals surface area contributed by atoms with Gasteiger partial charge in [-0.1, -0.05) is 35.8 Å². The van der Waals surface area contributed by atoms with Crippen LogP contribution in [0.5, 0.6) is 0 Å². The Bertz CT molecular complexity index is 301. The molecule has 5 heteroatoms. The fourth-order valence-corrected chi connectivity index (χ4v) is 1.03. The SMILES string of the molecule is CO[N]/C(=N/OC)NCc1ccccc1. The van der Waals surface area contributed by atoms with Crippen LogP contribution in [0.25, 0.3) is 0 Å². The van der Waals surface area contributed by atoms with E-state index in [9.17, 15) is 0 Å². The Morgan fingerprint density at radius 2 is 1.93 bits per heavy atom. The van der Waals surface area contributed by atoms with E-state index >= 15 is 0 Å². The van der Waals surface area contributed by atoms with Crippen LogP contribution in [0.15, 0.2) is 35.5 Å². The quantitative estimate of drug-likeness (QED) is 0.453. The predicted molar refractivity (Wildman–Crippen MR) is 56.9 cm³/mol. The average Bonchev–Trinajstić information content (AvgIpc) is 2.28. The molecule has 1 aromatic carbocycles. The molecule has 1 N–H and O–H groups in total. The standard InChI is InChI=1S/C10H14N3O2/c1-14-12-10(13-15-2)11-8-9-6-4-3-5-7-9/h3-7H,8H2,1-2H3,(H,11,12). The van der Waals surface area contributed by atoms with E-state index < -0.39 is 0 Å². The van der Waals surface area contributed by atoms with Crippen LogP contribution in [0.4, 0.5) is 0 Å². The Balaban J connectivity index is 2.43. The highest BCUT2D eigenvalue weighted by molar-refractivity contribution is 5.77. The lowest BCUT2D eigenvalue weighted by Gasteiger charge is -2.06. The number of oxime groups is 1. The maximum Gasteiger partial charge on any atom is 0.283 e. The molecule has 0 aliphatic rings. The zero-order valence-electron chi connectivity index (χ0n) is 8.80. The van der Waals surface area contributed by atoms with Gasteiger partial charge >= 0.3 is 0 Å². The van der Waals surface area contributed by atoms with Gasteiger partial charge in [0.05, 0.1) is 7.11 Å². The second kappa shape index (κ2) is 6.67. The van der Waals surface area contributed by atoms with E-state index in [0.29, 0.717) is 12.5 Å². The Labute approximate surface area is 89.0 Å². The van der Waals surface area contributed by atoms with Gasteiger partial charge in [0.2, 0.25) is 0 Å². The van der Waals surface area contributed by atoms with Crippen molar-refractivity contribution >= 4 is 5.96 Å². The molecule has 0 heterocycles. The Kier molecular flexibility index (Phi) is 5.03. The van der Waals surface area contributed by atoms with E-state index in [1.54, 1.807) is 0 Å². The van der Waals surface area contributed by atoms with Gasteiger partial charge in [-0.05, 0) is 10.7 Å². The number of hydrogen-bond donors (Lipinski definition) is 1. The summed E-state index contributed by atoms with van der Waals surface area (Å²) in [5, 5.41) is 6.61. The van der Waals surface area contributed by atoms with E-state index in [-0.39, 0.29) is 0 Å². The van der Waals surface area contributed by atoms with Crippen molar-refractivity contribution in [1.29, 1.82) is 0 Å². The smallest absolute Gasteiger partial charge is 0.283 e. The highest BCUT2D eigenvalue weighted by Gasteiger charge is 2.00. The monoisotopic (exact) mass is 208 g/mol. The molecule has 0 aliphatic carbocycles. The molecule has 0 unspecified atom stereocenters. The number of nitrogens with one attached hydrogen (secondary N) is 1. The van der Waals surface area contributed by atoms with Crippen LogP contribution in [-0.2, 0) is 16.2 Å². The third-order valence-electron chi connectivity index (χ3n) is 1.65. The minimum Gasteiger partial charge on any atom is -0.396 e. The lowest BCUT2D eigenvalue weighted by molar-refractivity contribution is 0.123. The first kappa shape index (κ1) is 11.3. The third kappa shape index (κ3) is 4.33. The lowest BCUT2D eigenvalue weighted by atomic mass is 10.2. The number of benzene rings is 1. The number of hydroxylamine groups is 1. The number of guanidine groups is 1. The molecule has 0 spiro atoms. The molecule has 0 aromatic heterocycles. The summed E-state index contributed by atoms with van der Waals surface area (Å²) in [5.41, 5.74) is 4.77. The molecule has 1 radical (unpaired) electrons. The zero-order chi connectivity index (χ0) is 10.9. The highest BCUT2D eigenvalue weighted by Crippen LogP contribution is 1.96. The first-order valence-corrected chi connectivity index (χ1v) is 4.50. The molecular weight excluding hydrogens is 194 g/mol. The van der Waals surface area contributed by atoms with Crippen molar-refractivity contribution in [3.63, 3.8) is 0 Å². The van der Waals surface area contributed by atoms with Crippen LogP contribution in [0.1, 0.15) is 5.56 Å². The Morgan fingerprint density at radius 3 is 2.53 bits per heavy atom. The Morgan fingerprint density at radius 1 is 1.20 bits per heavy atom. The molecule has 0 bridgehead atoms. The van der Waals surface area contributed by atoms with Crippen LogP contribution in [0.2, 0.25) is 0 Å². The normalized spacial score (nSPS) is 10.9. The van der Waals surface area contributed by atoms with Gasteiger partial charge in [-0.15, -0.1) is 0 Å². The van der Waals surface area contributed by atoms with E-state index in [4.69, 9.17) is 0 Å². The summed E-state index contributed by atoms with van der Waals surface area (Å²) < 4.78 is 0. The van der Waals surface area contributed by atoms with Crippen molar-refractivity contribution in [2.45, 2.75) is 6.54 Å². The maximum atomic E-state index is 4.60. The average molecular weight is 208 g/mol. The van der Waals surface area contributed by atoms with Gasteiger partial charge in [0.15, 0.2) is 0 Å². The predicted octanol–water partition coefficient (Wildman–Crippen LogP) is 0.859. The van der Waals surface area contributed by atoms with Gasteiger partial charge in [0.25, 0.3) is 5.96 Å². The summed E-state index contributed by atoms with van der Waals surface area (Å²) in [6, 6.07) is 9.91. The fourth-order valence-electron chi connectivity index (χ4n) is 1.03. The van der Waals surface area contributed by atoms with Crippen LogP contribution < -0.4 is 10.8 Å². The van der Waals surface area contributed by atoms with Crippen LogP contribution in [-0.4, -0.2) is 20.2 Å². The van der Waals surface area contributed by atoms with Gasteiger partial charge in [0.1, 0.15) is 7.11 Å².